The van der Waals surface area contributed by atoms with Crippen LogP contribution in [0.25, 0.3) is 0 Å². The quantitative estimate of drug-likeness (QED) is 0.495. The number of aliphatic imine (C=N–C) groups is 1. The van der Waals surface area contributed by atoms with Gasteiger partial charge in [-0.05, 0) is 35.4 Å². The van der Waals surface area contributed by atoms with Gasteiger partial charge in [0.15, 0.2) is 0 Å². The molecular formula is C22H17N3O3. The molecule has 1 aliphatic rings. The van der Waals surface area contributed by atoms with Gasteiger partial charge in [-0.1, -0.05) is 42.5 Å². The largest absolute Gasteiger partial charge is 0.306 e. The second kappa shape index (κ2) is 7.44. The second-order valence-electron chi connectivity index (χ2n) is 6.49. The third-order valence-electron chi connectivity index (χ3n) is 4.64. The normalized spacial score (nSPS) is 13.5. The number of non-ortho nitro benzene ring substituents is 1. The Morgan fingerprint density at radius 2 is 1.61 bits per heavy atom. The van der Waals surface area contributed by atoms with Crippen LogP contribution in [-0.4, -0.2) is 16.5 Å². The fourth-order valence-electron chi connectivity index (χ4n) is 3.23. The van der Waals surface area contributed by atoms with Gasteiger partial charge in [0.1, 0.15) is 0 Å². The van der Waals surface area contributed by atoms with Crippen molar-refractivity contribution in [1.29, 1.82) is 0 Å². The number of hydrogen-bond acceptors (Lipinski definition) is 4. The second-order valence-corrected chi connectivity index (χ2v) is 6.49. The van der Waals surface area contributed by atoms with Crippen LogP contribution in [0.1, 0.15) is 17.5 Å². The molecule has 138 valence electrons. The maximum absolute atomic E-state index is 13.1. The number of fused-ring (bicyclic) bond motifs is 1. The predicted molar refractivity (Wildman–Crippen MR) is 108 cm³/mol. The summed E-state index contributed by atoms with van der Waals surface area (Å²) in [7, 11) is 0. The van der Waals surface area contributed by atoms with Gasteiger partial charge in [0.05, 0.1) is 35.0 Å². The Labute approximate surface area is 161 Å². The zero-order valence-electron chi connectivity index (χ0n) is 15.0. The van der Waals surface area contributed by atoms with Crippen LogP contribution in [0.15, 0.2) is 83.9 Å². The van der Waals surface area contributed by atoms with E-state index in [2.05, 4.69) is 0 Å². The Morgan fingerprint density at radius 1 is 0.929 bits per heavy atom. The first kappa shape index (κ1) is 17.6. The van der Waals surface area contributed by atoms with E-state index in [0.29, 0.717) is 23.5 Å². The van der Waals surface area contributed by atoms with Gasteiger partial charge in [0.2, 0.25) is 5.91 Å². The maximum atomic E-state index is 13.1. The minimum atomic E-state index is -0.444. The lowest BCUT2D eigenvalue weighted by molar-refractivity contribution is -0.384. The first-order chi connectivity index (χ1) is 13.6. The molecule has 0 bridgehead atoms. The number of benzene rings is 3. The number of amides is 1. The fourth-order valence-corrected chi connectivity index (χ4v) is 3.23. The molecule has 1 heterocycles. The zero-order valence-corrected chi connectivity index (χ0v) is 15.0. The maximum Gasteiger partial charge on any atom is 0.269 e. The smallest absolute Gasteiger partial charge is 0.269 e. The van der Waals surface area contributed by atoms with Crippen molar-refractivity contribution < 1.29 is 9.72 Å². The molecule has 6 nitrogen and oxygen atoms in total. The summed E-state index contributed by atoms with van der Waals surface area (Å²) in [4.78, 5) is 30.0. The number of rotatable bonds is 4. The van der Waals surface area contributed by atoms with Crippen LogP contribution in [0.4, 0.5) is 17.1 Å². The summed E-state index contributed by atoms with van der Waals surface area (Å²) in [5.41, 5.74) is 3.81. The van der Waals surface area contributed by atoms with E-state index in [0.717, 1.165) is 11.3 Å². The summed E-state index contributed by atoms with van der Waals surface area (Å²) in [5.74, 6) is -0.0640. The zero-order chi connectivity index (χ0) is 19.5. The summed E-state index contributed by atoms with van der Waals surface area (Å²) in [5, 5.41) is 10.9. The Bertz CT molecular complexity index is 1060. The number of anilines is 1. The number of carbonyl (C=O) groups is 1. The van der Waals surface area contributed by atoms with Gasteiger partial charge in [-0.2, -0.15) is 0 Å². The molecule has 0 atom stereocenters. The van der Waals surface area contributed by atoms with Crippen molar-refractivity contribution in [2.45, 2.75) is 13.0 Å². The van der Waals surface area contributed by atoms with Crippen molar-refractivity contribution >= 4 is 28.7 Å². The SMILES string of the molecule is O=C1CC(c2ccc([N+](=O)[O-])cc2)=Nc2ccccc2N1Cc1ccccc1. The molecule has 0 saturated heterocycles. The van der Waals surface area contributed by atoms with Crippen LogP contribution < -0.4 is 4.90 Å². The number of para-hydroxylation sites is 2. The van der Waals surface area contributed by atoms with Crippen LogP contribution in [0.3, 0.4) is 0 Å². The van der Waals surface area contributed by atoms with Gasteiger partial charge >= 0.3 is 0 Å². The molecule has 3 aromatic rings. The van der Waals surface area contributed by atoms with E-state index < -0.39 is 4.92 Å². The van der Waals surface area contributed by atoms with Crippen LogP contribution in [-0.2, 0) is 11.3 Å². The third kappa shape index (κ3) is 3.53. The predicted octanol–water partition coefficient (Wildman–Crippen LogP) is 4.65. The first-order valence-electron chi connectivity index (χ1n) is 8.87. The van der Waals surface area contributed by atoms with Crippen LogP contribution in [0.5, 0.6) is 0 Å². The Balaban J connectivity index is 1.71. The molecule has 0 unspecified atom stereocenters. The van der Waals surface area contributed by atoms with E-state index in [1.807, 2.05) is 54.6 Å². The van der Waals surface area contributed by atoms with Crippen molar-refractivity contribution in [2.75, 3.05) is 4.90 Å². The van der Waals surface area contributed by atoms with Gasteiger partial charge in [0, 0.05) is 12.1 Å². The lowest BCUT2D eigenvalue weighted by Crippen LogP contribution is -2.31. The lowest BCUT2D eigenvalue weighted by atomic mass is 10.1. The Hall–Kier alpha value is -3.80. The summed E-state index contributed by atoms with van der Waals surface area (Å²) in [6.07, 6.45) is 0.124. The molecule has 28 heavy (non-hydrogen) atoms. The fraction of sp³-hybridized carbons (Fsp3) is 0.0909. The van der Waals surface area contributed by atoms with Crippen molar-refractivity contribution in [2.24, 2.45) is 4.99 Å². The Morgan fingerprint density at radius 3 is 2.32 bits per heavy atom. The molecule has 1 aliphatic heterocycles. The van der Waals surface area contributed by atoms with Crippen molar-refractivity contribution in [1.82, 2.24) is 0 Å². The van der Waals surface area contributed by atoms with Crippen molar-refractivity contribution in [3.63, 3.8) is 0 Å². The molecule has 0 N–H and O–H groups in total. The molecular weight excluding hydrogens is 354 g/mol. The monoisotopic (exact) mass is 371 g/mol. The van der Waals surface area contributed by atoms with E-state index in [4.69, 9.17) is 4.99 Å². The van der Waals surface area contributed by atoms with Crippen LogP contribution in [0.2, 0.25) is 0 Å². The summed E-state index contributed by atoms with van der Waals surface area (Å²) < 4.78 is 0. The average molecular weight is 371 g/mol. The minimum absolute atomic E-state index is 0.00963. The van der Waals surface area contributed by atoms with Crippen molar-refractivity contribution in [3.05, 3.63) is 100 Å². The molecule has 0 fully saturated rings. The average Bonchev–Trinajstić information content (AvgIpc) is 2.86. The first-order valence-corrected chi connectivity index (χ1v) is 8.87. The molecule has 0 aromatic heterocycles. The molecule has 4 rings (SSSR count). The minimum Gasteiger partial charge on any atom is -0.306 e. The number of hydrogen-bond donors (Lipinski definition) is 0. The number of nitro benzene ring substituents is 1. The van der Waals surface area contributed by atoms with Crippen LogP contribution in [0, 0.1) is 10.1 Å². The highest BCUT2D eigenvalue weighted by molar-refractivity contribution is 6.17. The van der Waals surface area contributed by atoms with E-state index in [1.165, 1.54) is 12.1 Å². The van der Waals surface area contributed by atoms with Crippen LogP contribution >= 0.6 is 0 Å². The van der Waals surface area contributed by atoms with Gasteiger partial charge in [-0.15, -0.1) is 0 Å². The van der Waals surface area contributed by atoms with E-state index in [9.17, 15) is 14.9 Å². The molecule has 6 heteroatoms. The molecule has 3 aromatic carbocycles. The third-order valence-corrected chi connectivity index (χ3v) is 4.64. The van der Waals surface area contributed by atoms with E-state index in [-0.39, 0.29) is 18.0 Å². The topological polar surface area (TPSA) is 75.8 Å². The summed E-state index contributed by atoms with van der Waals surface area (Å²) >= 11 is 0. The van der Waals surface area contributed by atoms with Gasteiger partial charge in [-0.25, -0.2) is 0 Å². The summed E-state index contributed by atoms with van der Waals surface area (Å²) in [6, 6.07) is 23.5. The highest BCUT2D eigenvalue weighted by atomic mass is 16.6. The molecule has 1 amide bonds. The van der Waals surface area contributed by atoms with Crippen molar-refractivity contribution in [3.8, 4) is 0 Å². The highest BCUT2D eigenvalue weighted by Gasteiger charge is 2.25. The highest BCUT2D eigenvalue weighted by Crippen LogP contribution is 2.34. The molecule has 0 saturated carbocycles. The van der Waals surface area contributed by atoms with E-state index in [1.54, 1.807) is 17.0 Å². The van der Waals surface area contributed by atoms with Gasteiger partial charge in [-0.3, -0.25) is 19.9 Å². The molecule has 0 radical (unpaired) electrons. The van der Waals surface area contributed by atoms with Gasteiger partial charge in [0.25, 0.3) is 5.69 Å². The Kier molecular flexibility index (Phi) is 4.68. The van der Waals surface area contributed by atoms with E-state index >= 15 is 0 Å². The molecule has 0 aliphatic carbocycles. The lowest BCUT2D eigenvalue weighted by Gasteiger charge is -2.22. The summed E-state index contributed by atoms with van der Waals surface area (Å²) in [6.45, 7) is 0.458. The van der Waals surface area contributed by atoms with Gasteiger partial charge < -0.3 is 4.90 Å². The number of carbonyl (C=O) groups excluding carboxylic acids is 1. The standard InChI is InChI=1S/C22H17N3O3/c26-22-14-20(17-10-12-18(13-11-17)25(27)28)23-19-8-4-5-9-21(19)24(22)15-16-6-2-1-3-7-16/h1-13H,14-15H2. The number of nitrogens with zero attached hydrogens (tertiary/aromatic N) is 3. The molecule has 0 spiro atoms. The number of nitro groups is 1.